The van der Waals surface area contributed by atoms with Gasteiger partial charge in [-0.15, -0.1) is 0 Å². The van der Waals surface area contributed by atoms with Crippen LogP contribution in [0, 0.1) is 0 Å². The lowest BCUT2D eigenvalue weighted by atomic mass is 10.1. The Bertz CT molecular complexity index is 415. The summed E-state index contributed by atoms with van der Waals surface area (Å²) in [5.41, 5.74) is 1.61. The van der Waals surface area contributed by atoms with E-state index >= 15 is 0 Å². The maximum atomic E-state index is 11.3. The molecule has 1 amide bonds. The molecule has 0 aliphatic rings. The van der Waals surface area contributed by atoms with E-state index < -0.39 is 0 Å². The molecule has 0 aliphatic carbocycles. The quantitative estimate of drug-likeness (QED) is 0.755. The van der Waals surface area contributed by atoms with Crippen LogP contribution in [0.3, 0.4) is 0 Å². The minimum Gasteiger partial charge on any atom is -0.468 e. The monoisotopic (exact) mass is 250 g/mol. The Balaban J connectivity index is 2.54. The van der Waals surface area contributed by atoms with Crippen LogP contribution < -0.4 is 10.6 Å². The first kappa shape index (κ1) is 14.2. The molecule has 0 saturated carbocycles. The third kappa shape index (κ3) is 3.85. The predicted molar refractivity (Wildman–Crippen MR) is 68.1 cm³/mol. The van der Waals surface area contributed by atoms with E-state index in [0.29, 0.717) is 12.1 Å². The highest BCUT2D eigenvalue weighted by Crippen LogP contribution is 2.04. The topological polar surface area (TPSA) is 67.4 Å². The molecule has 0 radical (unpaired) electrons. The molecule has 2 N–H and O–H groups in total. The zero-order chi connectivity index (χ0) is 13.5. The Hall–Kier alpha value is -1.88. The van der Waals surface area contributed by atoms with E-state index in [2.05, 4.69) is 15.4 Å². The van der Waals surface area contributed by atoms with Gasteiger partial charge in [0.25, 0.3) is 5.91 Å². The lowest BCUT2D eigenvalue weighted by Gasteiger charge is -2.11. The van der Waals surface area contributed by atoms with Gasteiger partial charge in [-0.3, -0.25) is 9.59 Å². The molecule has 5 nitrogen and oxygen atoms in total. The number of carbonyl (C=O) groups is 2. The molecular weight excluding hydrogens is 232 g/mol. The SMILES string of the molecule is CNC(=O)c1ccc(CN[C@@H](C)C(=O)OC)cc1. The maximum Gasteiger partial charge on any atom is 0.322 e. The second-order valence-electron chi connectivity index (χ2n) is 3.90. The molecular formula is C13H18N2O3. The van der Waals surface area contributed by atoms with Crippen LogP contribution in [0.5, 0.6) is 0 Å². The first-order valence-electron chi connectivity index (χ1n) is 5.70. The number of hydrogen-bond acceptors (Lipinski definition) is 4. The molecule has 0 spiro atoms. The number of hydrogen-bond donors (Lipinski definition) is 2. The van der Waals surface area contributed by atoms with Crippen LogP contribution in [-0.4, -0.2) is 32.1 Å². The fourth-order valence-electron chi connectivity index (χ4n) is 1.45. The van der Waals surface area contributed by atoms with Crippen LogP contribution in [0.2, 0.25) is 0 Å². The van der Waals surface area contributed by atoms with Crippen LogP contribution >= 0.6 is 0 Å². The highest BCUT2D eigenvalue weighted by molar-refractivity contribution is 5.93. The highest BCUT2D eigenvalue weighted by Gasteiger charge is 2.11. The number of nitrogens with one attached hydrogen (secondary N) is 2. The van der Waals surface area contributed by atoms with Crippen molar-refractivity contribution in [2.24, 2.45) is 0 Å². The number of methoxy groups -OCH3 is 1. The van der Waals surface area contributed by atoms with Crippen molar-refractivity contribution in [3.05, 3.63) is 35.4 Å². The van der Waals surface area contributed by atoms with Gasteiger partial charge in [-0.05, 0) is 24.6 Å². The van der Waals surface area contributed by atoms with Crippen LogP contribution in [0.25, 0.3) is 0 Å². The summed E-state index contributed by atoms with van der Waals surface area (Å²) in [6.45, 7) is 2.29. The summed E-state index contributed by atoms with van der Waals surface area (Å²) in [5.74, 6) is -0.408. The fourth-order valence-corrected chi connectivity index (χ4v) is 1.45. The fraction of sp³-hybridized carbons (Fsp3) is 0.385. The van der Waals surface area contributed by atoms with E-state index in [-0.39, 0.29) is 17.9 Å². The van der Waals surface area contributed by atoms with Gasteiger partial charge in [0.1, 0.15) is 6.04 Å². The second kappa shape index (κ2) is 6.76. The summed E-state index contributed by atoms with van der Waals surface area (Å²) in [7, 11) is 2.95. The Kier molecular flexibility index (Phi) is 5.32. The number of amides is 1. The van der Waals surface area contributed by atoms with Crippen LogP contribution in [-0.2, 0) is 16.1 Å². The first-order chi connectivity index (χ1) is 8.58. The largest absolute Gasteiger partial charge is 0.468 e. The normalized spacial score (nSPS) is 11.7. The molecule has 1 aromatic rings. The number of carbonyl (C=O) groups excluding carboxylic acids is 2. The van der Waals surface area contributed by atoms with E-state index in [1.807, 2.05) is 12.1 Å². The molecule has 0 aliphatic heterocycles. The number of ether oxygens (including phenoxy) is 1. The average molecular weight is 250 g/mol. The number of esters is 1. The third-order valence-corrected chi connectivity index (χ3v) is 2.61. The van der Waals surface area contributed by atoms with Crippen LogP contribution in [0.15, 0.2) is 24.3 Å². The van der Waals surface area contributed by atoms with E-state index in [1.165, 1.54) is 7.11 Å². The van der Waals surface area contributed by atoms with Crippen molar-refractivity contribution in [3.63, 3.8) is 0 Å². The van der Waals surface area contributed by atoms with Crippen molar-refractivity contribution in [1.82, 2.24) is 10.6 Å². The average Bonchev–Trinajstić information content (AvgIpc) is 2.43. The van der Waals surface area contributed by atoms with Crippen LogP contribution in [0.4, 0.5) is 0 Å². The Morgan fingerprint density at radius 3 is 2.39 bits per heavy atom. The van der Waals surface area contributed by atoms with Gasteiger partial charge in [0.2, 0.25) is 0 Å². The van der Waals surface area contributed by atoms with Crippen molar-refractivity contribution in [1.29, 1.82) is 0 Å². The van der Waals surface area contributed by atoms with Gasteiger partial charge in [0.15, 0.2) is 0 Å². The van der Waals surface area contributed by atoms with Gasteiger partial charge in [-0.1, -0.05) is 12.1 Å². The van der Waals surface area contributed by atoms with Crippen molar-refractivity contribution in [3.8, 4) is 0 Å². The van der Waals surface area contributed by atoms with Crippen LogP contribution in [0.1, 0.15) is 22.8 Å². The smallest absolute Gasteiger partial charge is 0.322 e. The summed E-state index contributed by atoms with van der Waals surface area (Å²) in [6, 6.07) is 6.84. The lowest BCUT2D eigenvalue weighted by molar-refractivity contribution is -0.142. The lowest BCUT2D eigenvalue weighted by Crippen LogP contribution is -2.34. The van der Waals surface area contributed by atoms with Crippen molar-refractivity contribution in [2.45, 2.75) is 19.5 Å². The zero-order valence-corrected chi connectivity index (χ0v) is 10.8. The van der Waals surface area contributed by atoms with Gasteiger partial charge in [-0.2, -0.15) is 0 Å². The number of rotatable bonds is 5. The summed E-state index contributed by atoms with van der Waals surface area (Å²) in [5, 5.41) is 5.59. The minimum atomic E-state index is -0.353. The van der Waals surface area contributed by atoms with E-state index in [9.17, 15) is 9.59 Å². The molecule has 0 fully saturated rings. The minimum absolute atomic E-state index is 0.113. The van der Waals surface area contributed by atoms with Gasteiger partial charge < -0.3 is 15.4 Å². The molecule has 0 bridgehead atoms. The molecule has 0 aromatic heterocycles. The summed E-state index contributed by atoms with van der Waals surface area (Å²) >= 11 is 0. The molecule has 18 heavy (non-hydrogen) atoms. The van der Waals surface area contributed by atoms with Crippen molar-refractivity contribution in [2.75, 3.05) is 14.2 Å². The van der Waals surface area contributed by atoms with Crippen molar-refractivity contribution >= 4 is 11.9 Å². The summed E-state index contributed by atoms with van der Waals surface area (Å²) in [6.07, 6.45) is 0. The molecule has 0 unspecified atom stereocenters. The molecule has 1 aromatic carbocycles. The Morgan fingerprint density at radius 1 is 1.28 bits per heavy atom. The molecule has 98 valence electrons. The third-order valence-electron chi connectivity index (χ3n) is 2.61. The van der Waals surface area contributed by atoms with Gasteiger partial charge in [0.05, 0.1) is 7.11 Å². The molecule has 5 heteroatoms. The van der Waals surface area contributed by atoms with E-state index in [0.717, 1.165) is 5.56 Å². The number of benzene rings is 1. The first-order valence-corrected chi connectivity index (χ1v) is 5.70. The standard InChI is InChI=1S/C13H18N2O3/c1-9(13(17)18-3)15-8-10-4-6-11(7-5-10)12(16)14-2/h4-7,9,15H,8H2,1-3H3,(H,14,16)/t9-/m0/s1. The summed E-state index contributed by atoms with van der Waals surface area (Å²) in [4.78, 5) is 22.5. The maximum absolute atomic E-state index is 11.3. The Morgan fingerprint density at radius 2 is 1.89 bits per heavy atom. The molecule has 0 heterocycles. The van der Waals surface area contributed by atoms with Gasteiger partial charge in [0, 0.05) is 19.2 Å². The zero-order valence-electron chi connectivity index (χ0n) is 10.8. The van der Waals surface area contributed by atoms with E-state index in [4.69, 9.17) is 0 Å². The second-order valence-corrected chi connectivity index (χ2v) is 3.90. The summed E-state index contributed by atoms with van der Waals surface area (Å²) < 4.78 is 4.61. The van der Waals surface area contributed by atoms with Crippen molar-refractivity contribution < 1.29 is 14.3 Å². The van der Waals surface area contributed by atoms with Gasteiger partial charge >= 0.3 is 5.97 Å². The predicted octanol–water partition coefficient (Wildman–Crippen LogP) is 0.697. The Labute approximate surface area is 107 Å². The molecule has 1 rings (SSSR count). The molecule has 1 atom stereocenters. The van der Waals surface area contributed by atoms with Gasteiger partial charge in [-0.25, -0.2) is 0 Å². The van der Waals surface area contributed by atoms with E-state index in [1.54, 1.807) is 26.1 Å². The highest BCUT2D eigenvalue weighted by atomic mass is 16.5. The molecule has 0 saturated heterocycles.